The summed E-state index contributed by atoms with van der Waals surface area (Å²) in [5.41, 5.74) is 0. The van der Waals surface area contributed by atoms with E-state index in [-0.39, 0.29) is 17.7 Å². The summed E-state index contributed by atoms with van der Waals surface area (Å²) >= 11 is 3.28. The van der Waals surface area contributed by atoms with Crippen LogP contribution in [0, 0.1) is 5.82 Å². The van der Waals surface area contributed by atoms with Gasteiger partial charge in [0.15, 0.2) is 11.6 Å². The smallest absolute Gasteiger partial charge is 0.165 e. The molecule has 1 aromatic carbocycles. The first-order chi connectivity index (χ1) is 8.17. The van der Waals surface area contributed by atoms with Crippen molar-refractivity contribution in [1.29, 1.82) is 0 Å². The van der Waals surface area contributed by atoms with Gasteiger partial charge in [-0.3, -0.25) is 0 Å². The Bertz CT molecular complexity index is 349. The third-order valence-corrected chi connectivity index (χ3v) is 2.65. The van der Waals surface area contributed by atoms with Crippen molar-refractivity contribution < 1.29 is 13.9 Å². The predicted molar refractivity (Wildman–Crippen MR) is 68.9 cm³/mol. The van der Waals surface area contributed by atoms with Crippen LogP contribution in [0.2, 0.25) is 0 Å². The molecule has 0 radical (unpaired) electrons. The van der Waals surface area contributed by atoms with Crippen molar-refractivity contribution in [1.82, 2.24) is 5.32 Å². The average molecular weight is 306 g/mol. The van der Waals surface area contributed by atoms with Gasteiger partial charge in [0.2, 0.25) is 0 Å². The Labute approximate surface area is 109 Å². The van der Waals surface area contributed by atoms with E-state index < -0.39 is 0 Å². The van der Waals surface area contributed by atoms with Crippen LogP contribution in [0.3, 0.4) is 0 Å². The van der Waals surface area contributed by atoms with Gasteiger partial charge in [-0.05, 0) is 24.7 Å². The van der Waals surface area contributed by atoms with Gasteiger partial charge in [0.25, 0.3) is 0 Å². The minimum absolute atomic E-state index is 0.205. The number of hydrogen-bond acceptors (Lipinski definition) is 3. The normalized spacial score (nSPS) is 12.5. The first-order valence-electron chi connectivity index (χ1n) is 5.48. The predicted octanol–water partition coefficient (Wildman–Crippen LogP) is 2.59. The van der Waals surface area contributed by atoms with Crippen molar-refractivity contribution in [2.24, 2.45) is 0 Å². The van der Waals surface area contributed by atoms with Crippen molar-refractivity contribution in [3.8, 4) is 5.75 Å². The quantitative estimate of drug-likeness (QED) is 0.840. The number of methoxy groups -OCH3 is 1. The molecule has 1 aromatic rings. The fraction of sp³-hybridized carbons (Fsp3) is 0.500. The summed E-state index contributed by atoms with van der Waals surface area (Å²) in [7, 11) is 1.60. The highest BCUT2D eigenvalue weighted by molar-refractivity contribution is 9.10. The van der Waals surface area contributed by atoms with Crippen molar-refractivity contribution in [2.45, 2.75) is 13.0 Å². The van der Waals surface area contributed by atoms with E-state index in [4.69, 9.17) is 9.47 Å². The zero-order chi connectivity index (χ0) is 12.7. The number of benzene rings is 1. The van der Waals surface area contributed by atoms with Crippen LogP contribution in [-0.4, -0.2) is 32.9 Å². The molecule has 1 N–H and O–H groups in total. The molecule has 5 heteroatoms. The molecule has 0 saturated heterocycles. The molecule has 1 atom stereocenters. The van der Waals surface area contributed by atoms with E-state index in [1.807, 2.05) is 6.92 Å². The minimum atomic E-state index is -0.370. The summed E-state index contributed by atoms with van der Waals surface area (Å²) in [5, 5.41) is 3.15. The topological polar surface area (TPSA) is 30.5 Å². The minimum Gasteiger partial charge on any atom is -0.484 e. The Kier molecular flexibility index (Phi) is 6.47. The molecule has 0 aliphatic rings. The molecule has 1 rings (SSSR count). The Morgan fingerprint density at radius 3 is 2.88 bits per heavy atom. The highest BCUT2D eigenvalue weighted by Gasteiger charge is 2.13. The lowest BCUT2D eigenvalue weighted by atomic mass is 10.3. The summed E-state index contributed by atoms with van der Waals surface area (Å²) in [6, 6.07) is 4.62. The zero-order valence-corrected chi connectivity index (χ0v) is 11.6. The molecule has 0 saturated carbocycles. The zero-order valence-electron chi connectivity index (χ0n) is 10.0. The van der Waals surface area contributed by atoms with E-state index in [0.29, 0.717) is 13.2 Å². The summed E-state index contributed by atoms with van der Waals surface area (Å²) < 4.78 is 24.9. The largest absolute Gasteiger partial charge is 0.484 e. The standard InChI is InChI=1S/C12H17BrFNO2/c1-3-15-7-10(8-16-2)17-12-6-9(13)4-5-11(12)14/h4-6,10,15H,3,7-8H2,1-2H3. The Morgan fingerprint density at radius 1 is 1.47 bits per heavy atom. The van der Waals surface area contributed by atoms with Gasteiger partial charge < -0.3 is 14.8 Å². The molecule has 0 spiro atoms. The Balaban J connectivity index is 2.67. The van der Waals surface area contributed by atoms with E-state index in [0.717, 1.165) is 11.0 Å². The maximum Gasteiger partial charge on any atom is 0.165 e. The lowest BCUT2D eigenvalue weighted by Gasteiger charge is -2.19. The van der Waals surface area contributed by atoms with Gasteiger partial charge in [-0.25, -0.2) is 4.39 Å². The van der Waals surface area contributed by atoms with Crippen LogP contribution in [-0.2, 0) is 4.74 Å². The second-order valence-corrected chi connectivity index (χ2v) is 4.49. The van der Waals surface area contributed by atoms with Crippen LogP contribution in [0.1, 0.15) is 6.92 Å². The third kappa shape index (κ3) is 5.02. The highest BCUT2D eigenvalue weighted by atomic mass is 79.9. The van der Waals surface area contributed by atoms with Crippen LogP contribution in [0.25, 0.3) is 0 Å². The van der Waals surface area contributed by atoms with Gasteiger partial charge in [0, 0.05) is 18.1 Å². The van der Waals surface area contributed by atoms with Gasteiger partial charge in [-0.2, -0.15) is 0 Å². The van der Waals surface area contributed by atoms with E-state index >= 15 is 0 Å². The van der Waals surface area contributed by atoms with E-state index in [2.05, 4.69) is 21.2 Å². The lowest BCUT2D eigenvalue weighted by molar-refractivity contribution is 0.0782. The van der Waals surface area contributed by atoms with Gasteiger partial charge >= 0.3 is 0 Å². The SMILES string of the molecule is CCNCC(COC)Oc1cc(Br)ccc1F. The second-order valence-electron chi connectivity index (χ2n) is 3.58. The van der Waals surface area contributed by atoms with E-state index in [1.165, 1.54) is 6.07 Å². The molecule has 0 bridgehead atoms. The molecule has 3 nitrogen and oxygen atoms in total. The number of likely N-dealkylation sites (N-methyl/N-ethyl adjacent to an activating group) is 1. The molecule has 0 aliphatic heterocycles. The number of rotatable bonds is 7. The van der Waals surface area contributed by atoms with Crippen molar-refractivity contribution in [3.63, 3.8) is 0 Å². The fourth-order valence-electron chi connectivity index (χ4n) is 1.37. The third-order valence-electron chi connectivity index (χ3n) is 2.16. The maximum atomic E-state index is 13.5. The van der Waals surface area contributed by atoms with Crippen LogP contribution >= 0.6 is 15.9 Å². The van der Waals surface area contributed by atoms with Gasteiger partial charge in [-0.15, -0.1) is 0 Å². The molecule has 0 aromatic heterocycles. The van der Waals surface area contributed by atoms with E-state index in [9.17, 15) is 4.39 Å². The Hall–Kier alpha value is -0.650. The van der Waals surface area contributed by atoms with Gasteiger partial charge in [-0.1, -0.05) is 22.9 Å². The number of halogens is 2. The second kappa shape index (κ2) is 7.63. The number of hydrogen-bond donors (Lipinski definition) is 1. The van der Waals surface area contributed by atoms with Crippen LogP contribution in [0.4, 0.5) is 4.39 Å². The summed E-state index contributed by atoms with van der Waals surface area (Å²) in [5.74, 6) is -0.134. The van der Waals surface area contributed by atoms with Crippen LogP contribution in [0.15, 0.2) is 22.7 Å². The van der Waals surface area contributed by atoms with E-state index in [1.54, 1.807) is 19.2 Å². The number of ether oxygens (including phenoxy) is 2. The molecule has 0 aliphatic carbocycles. The molecule has 0 heterocycles. The van der Waals surface area contributed by atoms with Crippen molar-refractivity contribution in [3.05, 3.63) is 28.5 Å². The molecular formula is C12H17BrFNO2. The van der Waals surface area contributed by atoms with Crippen molar-refractivity contribution in [2.75, 3.05) is 26.8 Å². The molecular weight excluding hydrogens is 289 g/mol. The monoisotopic (exact) mass is 305 g/mol. The molecule has 96 valence electrons. The lowest BCUT2D eigenvalue weighted by Crippen LogP contribution is -2.35. The van der Waals surface area contributed by atoms with Gasteiger partial charge in [0.1, 0.15) is 6.10 Å². The summed E-state index contributed by atoms with van der Waals surface area (Å²) in [4.78, 5) is 0. The van der Waals surface area contributed by atoms with Crippen LogP contribution < -0.4 is 10.1 Å². The number of nitrogens with one attached hydrogen (secondary N) is 1. The molecule has 0 fully saturated rings. The first kappa shape index (κ1) is 14.4. The van der Waals surface area contributed by atoms with Crippen molar-refractivity contribution >= 4 is 15.9 Å². The Morgan fingerprint density at radius 2 is 2.24 bits per heavy atom. The summed E-state index contributed by atoms with van der Waals surface area (Å²) in [6.07, 6.45) is -0.205. The van der Waals surface area contributed by atoms with Crippen LogP contribution in [0.5, 0.6) is 5.75 Å². The molecule has 1 unspecified atom stereocenters. The average Bonchev–Trinajstić information content (AvgIpc) is 2.31. The molecule has 17 heavy (non-hydrogen) atoms. The fourth-order valence-corrected chi connectivity index (χ4v) is 1.71. The first-order valence-corrected chi connectivity index (χ1v) is 6.28. The maximum absolute atomic E-state index is 13.5. The summed E-state index contributed by atoms with van der Waals surface area (Å²) in [6.45, 7) is 3.88. The highest BCUT2D eigenvalue weighted by Crippen LogP contribution is 2.23. The molecule has 0 amide bonds. The van der Waals surface area contributed by atoms with Gasteiger partial charge in [0.05, 0.1) is 6.61 Å².